The number of aryl methyl sites for hydroxylation is 2. The van der Waals surface area contributed by atoms with Crippen LogP contribution < -0.4 is 5.32 Å². The summed E-state index contributed by atoms with van der Waals surface area (Å²) in [6, 6.07) is 11.7. The molecule has 0 aliphatic heterocycles. The van der Waals surface area contributed by atoms with Crippen molar-refractivity contribution in [3.63, 3.8) is 0 Å². The predicted octanol–water partition coefficient (Wildman–Crippen LogP) is 3.69. The maximum Gasteiger partial charge on any atom is 0.256 e. The number of nitrogens with one attached hydrogen (secondary N) is 1. The topological polar surface area (TPSA) is 29.1 Å². The van der Waals surface area contributed by atoms with Crippen LogP contribution in [-0.4, -0.2) is 5.91 Å². The van der Waals surface area contributed by atoms with E-state index in [2.05, 4.69) is 5.32 Å². The smallest absolute Gasteiger partial charge is 0.256 e. The predicted molar refractivity (Wildman–Crippen MR) is 70.3 cm³/mol. The minimum atomic E-state index is -0.435. The van der Waals surface area contributed by atoms with Crippen molar-refractivity contribution in [2.24, 2.45) is 0 Å². The Bertz CT molecular complexity index is 593. The normalized spacial score (nSPS) is 10.2. The van der Waals surface area contributed by atoms with Crippen molar-refractivity contribution in [2.45, 2.75) is 13.8 Å². The molecule has 0 saturated heterocycles. The van der Waals surface area contributed by atoms with Gasteiger partial charge in [0.05, 0.1) is 5.69 Å². The lowest BCUT2D eigenvalue weighted by atomic mass is 10.1. The average molecular weight is 243 g/mol. The molecule has 2 rings (SSSR count). The van der Waals surface area contributed by atoms with Gasteiger partial charge in [-0.15, -0.1) is 0 Å². The van der Waals surface area contributed by atoms with Crippen LogP contribution >= 0.6 is 0 Å². The number of halogens is 1. The van der Waals surface area contributed by atoms with Crippen molar-refractivity contribution < 1.29 is 9.18 Å². The summed E-state index contributed by atoms with van der Waals surface area (Å²) in [6.45, 7) is 3.83. The van der Waals surface area contributed by atoms with Crippen molar-refractivity contribution in [3.8, 4) is 0 Å². The second kappa shape index (κ2) is 5.00. The van der Waals surface area contributed by atoms with E-state index in [0.717, 1.165) is 11.1 Å². The number of rotatable bonds is 2. The van der Waals surface area contributed by atoms with Crippen LogP contribution in [0, 0.1) is 19.7 Å². The summed E-state index contributed by atoms with van der Waals surface area (Å²) >= 11 is 0. The van der Waals surface area contributed by atoms with Gasteiger partial charge in [0.2, 0.25) is 0 Å². The van der Waals surface area contributed by atoms with Crippen LogP contribution in [0.2, 0.25) is 0 Å². The number of carbonyl (C=O) groups is 1. The van der Waals surface area contributed by atoms with E-state index in [0.29, 0.717) is 5.56 Å². The van der Waals surface area contributed by atoms with Crippen LogP contribution in [0.25, 0.3) is 0 Å². The Morgan fingerprint density at radius 2 is 1.83 bits per heavy atom. The zero-order chi connectivity index (χ0) is 13.1. The van der Waals surface area contributed by atoms with Gasteiger partial charge in [-0.25, -0.2) is 4.39 Å². The van der Waals surface area contributed by atoms with Crippen LogP contribution in [0.4, 0.5) is 10.1 Å². The molecule has 0 aliphatic rings. The molecular weight excluding hydrogens is 229 g/mol. The molecular formula is C15H14FNO. The Hall–Kier alpha value is -2.16. The second-order valence-corrected chi connectivity index (χ2v) is 4.25. The van der Waals surface area contributed by atoms with Gasteiger partial charge >= 0.3 is 0 Å². The summed E-state index contributed by atoms with van der Waals surface area (Å²) in [5, 5.41) is 2.57. The summed E-state index contributed by atoms with van der Waals surface area (Å²) in [5.41, 5.74) is 2.73. The summed E-state index contributed by atoms with van der Waals surface area (Å²) in [4.78, 5) is 12.0. The second-order valence-electron chi connectivity index (χ2n) is 4.25. The highest BCUT2D eigenvalue weighted by molar-refractivity contribution is 6.05. The van der Waals surface area contributed by atoms with Gasteiger partial charge in [-0.2, -0.15) is 0 Å². The van der Waals surface area contributed by atoms with Crippen LogP contribution in [0.3, 0.4) is 0 Å². The number of benzene rings is 2. The molecule has 0 heterocycles. The monoisotopic (exact) mass is 243 g/mol. The fraction of sp³-hybridized carbons (Fsp3) is 0.133. The number of para-hydroxylation sites is 1. The number of hydrogen-bond acceptors (Lipinski definition) is 1. The standard InChI is InChI=1S/C15H14FNO/c1-10-7-8-12(11(2)9-10)15(18)17-14-6-4-3-5-13(14)16/h3-9H,1-2H3,(H,17,18). The van der Waals surface area contributed by atoms with Gasteiger partial charge < -0.3 is 5.32 Å². The lowest BCUT2D eigenvalue weighted by molar-refractivity contribution is 0.102. The number of amides is 1. The highest BCUT2D eigenvalue weighted by Crippen LogP contribution is 2.16. The lowest BCUT2D eigenvalue weighted by Crippen LogP contribution is -2.14. The van der Waals surface area contributed by atoms with E-state index in [1.165, 1.54) is 12.1 Å². The maximum absolute atomic E-state index is 13.4. The van der Waals surface area contributed by atoms with Crippen LogP contribution in [0.5, 0.6) is 0 Å². The number of anilines is 1. The first-order chi connectivity index (χ1) is 8.58. The molecule has 3 heteroatoms. The Labute approximate surface area is 105 Å². The minimum Gasteiger partial charge on any atom is -0.319 e. The fourth-order valence-electron chi connectivity index (χ4n) is 1.82. The van der Waals surface area contributed by atoms with Gasteiger partial charge in [-0.05, 0) is 37.6 Å². The van der Waals surface area contributed by atoms with Gasteiger partial charge in [0.1, 0.15) is 5.82 Å². The summed E-state index contributed by atoms with van der Waals surface area (Å²) in [5.74, 6) is -0.729. The fourth-order valence-corrected chi connectivity index (χ4v) is 1.82. The molecule has 0 spiro atoms. The Morgan fingerprint density at radius 3 is 2.50 bits per heavy atom. The highest BCUT2D eigenvalue weighted by Gasteiger charge is 2.11. The molecule has 0 atom stereocenters. The lowest BCUT2D eigenvalue weighted by Gasteiger charge is -2.09. The average Bonchev–Trinajstić information content (AvgIpc) is 2.32. The van der Waals surface area contributed by atoms with Crippen molar-refractivity contribution in [3.05, 3.63) is 65.0 Å². The van der Waals surface area contributed by atoms with Crippen LogP contribution in [0.1, 0.15) is 21.5 Å². The molecule has 0 radical (unpaired) electrons. The quantitative estimate of drug-likeness (QED) is 0.856. The van der Waals surface area contributed by atoms with Gasteiger partial charge in [-0.3, -0.25) is 4.79 Å². The molecule has 2 nitrogen and oxygen atoms in total. The molecule has 92 valence electrons. The van der Waals surface area contributed by atoms with Crippen LogP contribution in [0.15, 0.2) is 42.5 Å². The molecule has 1 amide bonds. The molecule has 2 aromatic rings. The highest BCUT2D eigenvalue weighted by atomic mass is 19.1. The zero-order valence-electron chi connectivity index (χ0n) is 10.3. The largest absolute Gasteiger partial charge is 0.319 e. The molecule has 2 aromatic carbocycles. The minimum absolute atomic E-state index is 0.197. The Morgan fingerprint density at radius 1 is 1.11 bits per heavy atom. The zero-order valence-corrected chi connectivity index (χ0v) is 10.3. The van der Waals surface area contributed by atoms with E-state index in [1.54, 1.807) is 18.2 Å². The number of hydrogen-bond donors (Lipinski definition) is 1. The van der Waals surface area contributed by atoms with Crippen molar-refractivity contribution in [1.82, 2.24) is 0 Å². The van der Waals surface area contributed by atoms with Crippen molar-refractivity contribution in [2.75, 3.05) is 5.32 Å². The van der Waals surface area contributed by atoms with E-state index in [-0.39, 0.29) is 11.6 Å². The van der Waals surface area contributed by atoms with Gasteiger partial charge in [0.25, 0.3) is 5.91 Å². The number of carbonyl (C=O) groups excluding carboxylic acids is 1. The maximum atomic E-state index is 13.4. The third kappa shape index (κ3) is 2.56. The molecule has 0 aromatic heterocycles. The molecule has 1 N–H and O–H groups in total. The van der Waals surface area contributed by atoms with Crippen LogP contribution in [-0.2, 0) is 0 Å². The first-order valence-corrected chi connectivity index (χ1v) is 5.71. The third-order valence-corrected chi connectivity index (χ3v) is 2.75. The molecule has 0 bridgehead atoms. The van der Waals surface area contributed by atoms with E-state index < -0.39 is 5.82 Å². The molecule has 0 saturated carbocycles. The van der Waals surface area contributed by atoms with Crippen molar-refractivity contribution in [1.29, 1.82) is 0 Å². The van der Waals surface area contributed by atoms with Gasteiger partial charge in [0.15, 0.2) is 0 Å². The molecule has 0 fully saturated rings. The summed E-state index contributed by atoms with van der Waals surface area (Å²) in [7, 11) is 0. The Balaban J connectivity index is 2.25. The summed E-state index contributed by atoms with van der Waals surface area (Å²) < 4.78 is 13.4. The van der Waals surface area contributed by atoms with E-state index in [1.807, 2.05) is 26.0 Å². The first-order valence-electron chi connectivity index (χ1n) is 5.71. The molecule has 0 unspecified atom stereocenters. The SMILES string of the molecule is Cc1ccc(C(=O)Nc2ccccc2F)c(C)c1. The van der Waals surface area contributed by atoms with E-state index >= 15 is 0 Å². The first kappa shape index (κ1) is 12.3. The van der Waals surface area contributed by atoms with Gasteiger partial charge in [-0.1, -0.05) is 29.8 Å². The Kier molecular flexibility index (Phi) is 3.42. The van der Waals surface area contributed by atoms with E-state index in [4.69, 9.17) is 0 Å². The molecule has 18 heavy (non-hydrogen) atoms. The van der Waals surface area contributed by atoms with Gasteiger partial charge in [0, 0.05) is 5.56 Å². The van der Waals surface area contributed by atoms with E-state index in [9.17, 15) is 9.18 Å². The third-order valence-electron chi connectivity index (χ3n) is 2.75. The van der Waals surface area contributed by atoms with Crippen molar-refractivity contribution >= 4 is 11.6 Å². The summed E-state index contributed by atoms with van der Waals surface area (Å²) in [6.07, 6.45) is 0. The molecule has 0 aliphatic carbocycles.